The molecule has 86 valence electrons. The van der Waals surface area contributed by atoms with E-state index in [0.717, 1.165) is 12.8 Å². The molecule has 2 heteroatoms. The maximum Gasteiger partial charge on any atom is 0.303 e. The topological polar surface area (TPSA) is 37.3 Å². The summed E-state index contributed by atoms with van der Waals surface area (Å²) in [4.78, 5) is 10.5. The van der Waals surface area contributed by atoms with Crippen molar-refractivity contribution in [2.24, 2.45) is 0 Å². The number of carboxylic acids is 1. The van der Waals surface area contributed by atoms with Gasteiger partial charge in [0.05, 0.1) is 0 Å². The van der Waals surface area contributed by atoms with Gasteiger partial charge < -0.3 is 5.11 Å². The van der Waals surface area contributed by atoms with Crippen LogP contribution in [0.2, 0.25) is 0 Å². The summed E-state index contributed by atoms with van der Waals surface area (Å²) in [6.45, 7) is 2.10. The lowest BCUT2D eigenvalue weighted by Gasteiger charge is -2.06. The lowest BCUT2D eigenvalue weighted by atomic mass is 9.99. The van der Waals surface area contributed by atoms with Crippen LogP contribution in [0.1, 0.15) is 38.2 Å². The Morgan fingerprint density at radius 3 is 2.50 bits per heavy atom. The maximum absolute atomic E-state index is 10.5. The third-order valence-corrected chi connectivity index (χ3v) is 2.43. The van der Waals surface area contributed by atoms with Gasteiger partial charge in [-0.3, -0.25) is 4.79 Å². The molecule has 0 atom stereocenters. The lowest BCUT2D eigenvalue weighted by molar-refractivity contribution is -0.137. The molecule has 0 radical (unpaired) electrons. The number of aliphatic carboxylic acids is 1. The first-order valence-corrected chi connectivity index (χ1v) is 5.70. The zero-order chi connectivity index (χ0) is 11.8. The summed E-state index contributed by atoms with van der Waals surface area (Å²) in [7, 11) is 0. The van der Waals surface area contributed by atoms with Crippen LogP contribution in [0.4, 0.5) is 0 Å². The second-order valence-corrected chi connectivity index (χ2v) is 3.75. The van der Waals surface area contributed by atoms with Crippen LogP contribution in [0, 0.1) is 0 Å². The quantitative estimate of drug-likeness (QED) is 0.789. The molecule has 0 aliphatic rings. The summed E-state index contributed by atoms with van der Waals surface area (Å²) < 4.78 is 0. The van der Waals surface area contributed by atoms with E-state index in [1.54, 1.807) is 0 Å². The Kier molecular flexibility index (Phi) is 5.34. The average Bonchev–Trinajstić information content (AvgIpc) is 2.29. The van der Waals surface area contributed by atoms with Crippen molar-refractivity contribution < 1.29 is 9.90 Å². The molecule has 1 aromatic carbocycles. The van der Waals surface area contributed by atoms with Crippen molar-refractivity contribution in [1.82, 2.24) is 0 Å². The molecule has 0 bridgehead atoms. The standard InChI is InChI=1S/C14H18O2/c1-2-7-12(10-6-11-14(15)16)13-8-4-3-5-9-13/h3-5,7-9H,2,6,10-11H2,1H3,(H,15,16)/b12-7-. The number of hydrogen-bond acceptors (Lipinski definition) is 1. The van der Waals surface area contributed by atoms with Crippen LogP contribution in [-0.2, 0) is 4.79 Å². The molecule has 1 aromatic rings. The second kappa shape index (κ2) is 6.83. The zero-order valence-electron chi connectivity index (χ0n) is 9.65. The Balaban J connectivity index is 2.62. The molecule has 0 amide bonds. The van der Waals surface area contributed by atoms with Gasteiger partial charge in [-0.15, -0.1) is 0 Å². The first-order chi connectivity index (χ1) is 7.74. The van der Waals surface area contributed by atoms with Crippen molar-refractivity contribution in [2.75, 3.05) is 0 Å². The lowest BCUT2D eigenvalue weighted by Crippen LogP contribution is -1.94. The highest BCUT2D eigenvalue weighted by Gasteiger charge is 2.02. The van der Waals surface area contributed by atoms with Crippen molar-refractivity contribution in [2.45, 2.75) is 32.6 Å². The first kappa shape index (κ1) is 12.5. The van der Waals surface area contributed by atoms with Gasteiger partial charge in [0.1, 0.15) is 0 Å². The van der Waals surface area contributed by atoms with Crippen LogP contribution in [0.15, 0.2) is 36.4 Å². The van der Waals surface area contributed by atoms with E-state index < -0.39 is 5.97 Å². The molecule has 0 fully saturated rings. The highest BCUT2D eigenvalue weighted by molar-refractivity contribution is 5.68. The summed E-state index contributed by atoms with van der Waals surface area (Å²) >= 11 is 0. The number of hydrogen-bond donors (Lipinski definition) is 1. The fourth-order valence-corrected chi connectivity index (χ4v) is 1.69. The molecule has 0 unspecified atom stereocenters. The second-order valence-electron chi connectivity index (χ2n) is 3.75. The molecular weight excluding hydrogens is 200 g/mol. The molecule has 1 N–H and O–H groups in total. The van der Waals surface area contributed by atoms with E-state index in [-0.39, 0.29) is 6.42 Å². The molecule has 0 aromatic heterocycles. The van der Waals surface area contributed by atoms with Crippen molar-refractivity contribution in [3.8, 4) is 0 Å². The van der Waals surface area contributed by atoms with E-state index in [1.807, 2.05) is 18.2 Å². The zero-order valence-corrected chi connectivity index (χ0v) is 9.65. The first-order valence-electron chi connectivity index (χ1n) is 5.70. The minimum Gasteiger partial charge on any atom is -0.481 e. The molecule has 0 spiro atoms. The number of carbonyl (C=O) groups is 1. The van der Waals surface area contributed by atoms with E-state index >= 15 is 0 Å². The molecule has 0 saturated carbocycles. The van der Waals surface area contributed by atoms with Crippen molar-refractivity contribution in [3.63, 3.8) is 0 Å². The van der Waals surface area contributed by atoms with Crippen LogP contribution in [0.3, 0.4) is 0 Å². The number of rotatable bonds is 6. The minimum atomic E-state index is -0.719. The molecule has 16 heavy (non-hydrogen) atoms. The normalized spacial score (nSPS) is 11.4. The molecule has 0 aliphatic carbocycles. The fraction of sp³-hybridized carbons (Fsp3) is 0.357. The molecule has 0 heterocycles. The average molecular weight is 218 g/mol. The van der Waals surface area contributed by atoms with E-state index in [1.165, 1.54) is 11.1 Å². The fourth-order valence-electron chi connectivity index (χ4n) is 1.69. The molecule has 0 saturated heterocycles. The van der Waals surface area contributed by atoms with E-state index in [2.05, 4.69) is 25.1 Å². The van der Waals surface area contributed by atoms with Gasteiger partial charge in [0.2, 0.25) is 0 Å². The number of benzene rings is 1. The van der Waals surface area contributed by atoms with Gasteiger partial charge in [-0.2, -0.15) is 0 Å². The third kappa shape index (κ3) is 4.30. The monoisotopic (exact) mass is 218 g/mol. The SMILES string of the molecule is CC/C=C(/CCCC(=O)O)c1ccccc1. The summed E-state index contributed by atoms with van der Waals surface area (Å²) in [6.07, 6.45) is 4.95. The predicted molar refractivity (Wildman–Crippen MR) is 66.2 cm³/mol. The molecule has 0 aliphatic heterocycles. The van der Waals surface area contributed by atoms with Gasteiger partial charge in [-0.25, -0.2) is 0 Å². The smallest absolute Gasteiger partial charge is 0.303 e. The number of carboxylic acid groups (broad SMARTS) is 1. The van der Waals surface area contributed by atoms with Crippen LogP contribution in [0.5, 0.6) is 0 Å². The van der Waals surface area contributed by atoms with Gasteiger partial charge in [0, 0.05) is 6.42 Å². The molecular formula is C14H18O2. The molecule has 1 rings (SSSR count). The third-order valence-electron chi connectivity index (χ3n) is 2.43. The Morgan fingerprint density at radius 2 is 1.94 bits per heavy atom. The summed E-state index contributed by atoms with van der Waals surface area (Å²) in [5, 5.41) is 8.61. The predicted octanol–water partition coefficient (Wildman–Crippen LogP) is 3.73. The van der Waals surface area contributed by atoms with Crippen LogP contribution >= 0.6 is 0 Å². The van der Waals surface area contributed by atoms with E-state index in [9.17, 15) is 4.79 Å². The summed E-state index contributed by atoms with van der Waals surface area (Å²) in [6, 6.07) is 10.2. The maximum atomic E-state index is 10.5. The summed E-state index contributed by atoms with van der Waals surface area (Å²) in [5.74, 6) is -0.719. The van der Waals surface area contributed by atoms with Crippen LogP contribution in [-0.4, -0.2) is 11.1 Å². The Labute approximate surface area is 96.6 Å². The van der Waals surface area contributed by atoms with Gasteiger partial charge in [-0.05, 0) is 30.4 Å². The van der Waals surface area contributed by atoms with Gasteiger partial charge >= 0.3 is 5.97 Å². The highest BCUT2D eigenvalue weighted by Crippen LogP contribution is 2.21. The largest absolute Gasteiger partial charge is 0.481 e. The van der Waals surface area contributed by atoms with Crippen molar-refractivity contribution in [3.05, 3.63) is 42.0 Å². The number of allylic oxidation sites excluding steroid dienone is 2. The Bertz CT molecular complexity index is 352. The minimum absolute atomic E-state index is 0.244. The van der Waals surface area contributed by atoms with E-state index in [0.29, 0.717) is 6.42 Å². The van der Waals surface area contributed by atoms with Crippen molar-refractivity contribution in [1.29, 1.82) is 0 Å². The van der Waals surface area contributed by atoms with Gasteiger partial charge in [0.15, 0.2) is 0 Å². The highest BCUT2D eigenvalue weighted by atomic mass is 16.4. The van der Waals surface area contributed by atoms with Crippen LogP contribution in [0.25, 0.3) is 5.57 Å². The van der Waals surface area contributed by atoms with E-state index in [4.69, 9.17) is 5.11 Å². The van der Waals surface area contributed by atoms with Gasteiger partial charge in [0.25, 0.3) is 0 Å². The van der Waals surface area contributed by atoms with Crippen molar-refractivity contribution >= 4 is 11.5 Å². The Morgan fingerprint density at radius 1 is 1.25 bits per heavy atom. The molecule has 2 nitrogen and oxygen atoms in total. The van der Waals surface area contributed by atoms with Gasteiger partial charge in [-0.1, -0.05) is 43.3 Å². The van der Waals surface area contributed by atoms with Crippen LogP contribution < -0.4 is 0 Å². The summed E-state index contributed by atoms with van der Waals surface area (Å²) in [5.41, 5.74) is 2.46. The Hall–Kier alpha value is -1.57.